The smallest absolute Gasteiger partial charge is 0.387 e. The van der Waals surface area contributed by atoms with E-state index < -0.39 is 36.0 Å². The zero-order valence-electron chi connectivity index (χ0n) is 18.2. The molecule has 0 unspecified atom stereocenters. The second-order valence-electron chi connectivity index (χ2n) is 7.70. The maximum atomic E-state index is 15.0. The lowest BCUT2D eigenvalue weighted by molar-refractivity contribution is -0.149. The molecule has 4 heterocycles. The minimum atomic E-state index is -4.80. The van der Waals surface area contributed by atoms with Gasteiger partial charge in [-0.15, -0.1) is 11.3 Å². The lowest BCUT2D eigenvalue weighted by Crippen LogP contribution is -2.59. The van der Waals surface area contributed by atoms with Crippen LogP contribution in [0, 0.1) is 0 Å². The Morgan fingerprint density at radius 3 is 2.69 bits per heavy atom. The summed E-state index contributed by atoms with van der Waals surface area (Å²) in [5.41, 5.74) is -1.83. The number of methoxy groups -OCH3 is 1. The van der Waals surface area contributed by atoms with Gasteiger partial charge in [-0.05, 0) is 12.1 Å². The van der Waals surface area contributed by atoms with E-state index in [1.807, 2.05) is 0 Å². The predicted molar refractivity (Wildman–Crippen MR) is 118 cm³/mol. The molecule has 0 aromatic carbocycles. The van der Waals surface area contributed by atoms with Crippen molar-refractivity contribution in [2.45, 2.75) is 23.4 Å². The second-order valence-corrected chi connectivity index (χ2v) is 9.74. The number of amides is 1. The number of ether oxygens (including phenoxy) is 1. The summed E-state index contributed by atoms with van der Waals surface area (Å²) in [6.45, 7) is -0.754. The van der Waals surface area contributed by atoms with E-state index in [9.17, 15) is 22.8 Å². The summed E-state index contributed by atoms with van der Waals surface area (Å²) in [5.74, 6) is -2.57. The largest absolute Gasteiger partial charge is 0.451 e. The van der Waals surface area contributed by atoms with E-state index in [2.05, 4.69) is 15.1 Å². The van der Waals surface area contributed by atoms with Crippen LogP contribution in [0.2, 0.25) is 0 Å². The molecule has 1 aliphatic rings. The molecule has 188 valence electrons. The van der Waals surface area contributed by atoms with Gasteiger partial charge in [0.1, 0.15) is 11.6 Å². The fraction of sp³-hybridized carbons (Fsp3) is 0.450. The molecule has 1 aliphatic heterocycles. The molecule has 0 radical (unpaired) electrons. The summed E-state index contributed by atoms with van der Waals surface area (Å²) < 4.78 is 61.4. The number of thioether (sulfide) groups is 1. The Bertz CT molecular complexity index is 1260. The summed E-state index contributed by atoms with van der Waals surface area (Å²) in [5, 5.41) is 13.1. The quantitative estimate of drug-likeness (QED) is 0.193. The number of aromatic nitrogens is 4. The molecule has 35 heavy (non-hydrogen) atoms. The molecule has 3 aromatic heterocycles. The number of fused-ring (bicyclic) bond motifs is 1. The number of ketones is 1. The molecule has 0 aliphatic carbocycles. The average molecular weight is 534 g/mol. The maximum Gasteiger partial charge on any atom is 0.451 e. The number of alkyl halides is 4. The number of likely N-dealkylation sites (tertiary alicyclic amines) is 1. The number of aliphatic hydroxyl groups is 1. The van der Waals surface area contributed by atoms with Crippen LogP contribution in [0.3, 0.4) is 0 Å². The van der Waals surface area contributed by atoms with Gasteiger partial charge >= 0.3 is 6.18 Å². The first-order chi connectivity index (χ1) is 16.6. The number of carbonyl (C=O) groups excluding carboxylic acids is 2. The van der Waals surface area contributed by atoms with Gasteiger partial charge in [0, 0.05) is 12.0 Å². The minimum absolute atomic E-state index is 0.0240. The molecule has 15 heteroatoms. The number of Topliss-reactive ketones (excluding diaryl/α,β-unsaturated/α-hetero) is 1. The van der Waals surface area contributed by atoms with Gasteiger partial charge in [-0.2, -0.15) is 18.3 Å². The zero-order chi connectivity index (χ0) is 25.4. The first-order valence-corrected chi connectivity index (χ1v) is 12.0. The summed E-state index contributed by atoms with van der Waals surface area (Å²) in [6, 6.07) is 2.90. The van der Waals surface area contributed by atoms with Crippen LogP contribution in [0.4, 0.5) is 17.6 Å². The fourth-order valence-corrected chi connectivity index (χ4v) is 5.40. The Balaban J connectivity index is 1.50. The highest BCUT2D eigenvalue weighted by molar-refractivity contribution is 8.00. The van der Waals surface area contributed by atoms with Gasteiger partial charge in [0.2, 0.25) is 11.7 Å². The molecule has 3 aromatic rings. The van der Waals surface area contributed by atoms with Crippen molar-refractivity contribution in [2.24, 2.45) is 0 Å². The number of carbonyl (C=O) groups is 2. The highest BCUT2D eigenvalue weighted by atomic mass is 32.2. The zero-order valence-corrected chi connectivity index (χ0v) is 19.8. The van der Waals surface area contributed by atoms with E-state index >= 15 is 4.39 Å². The Morgan fingerprint density at radius 1 is 1.29 bits per heavy atom. The first-order valence-electron chi connectivity index (χ1n) is 10.2. The highest BCUT2D eigenvalue weighted by Gasteiger charge is 2.48. The molecule has 0 saturated carbocycles. The highest BCUT2D eigenvalue weighted by Crippen LogP contribution is 2.40. The number of hydrogen-bond donors (Lipinski definition) is 1. The van der Waals surface area contributed by atoms with E-state index in [1.165, 1.54) is 35.0 Å². The van der Waals surface area contributed by atoms with E-state index in [-0.39, 0.29) is 57.8 Å². The average Bonchev–Trinajstić information content (AvgIpc) is 3.45. The first kappa shape index (κ1) is 25.5. The van der Waals surface area contributed by atoms with Crippen molar-refractivity contribution < 1.29 is 37.0 Å². The van der Waals surface area contributed by atoms with Crippen molar-refractivity contribution in [1.82, 2.24) is 24.6 Å². The van der Waals surface area contributed by atoms with Crippen molar-refractivity contribution >= 4 is 45.8 Å². The van der Waals surface area contributed by atoms with E-state index in [1.54, 1.807) is 0 Å². The van der Waals surface area contributed by atoms with Crippen molar-refractivity contribution in [3.63, 3.8) is 0 Å². The van der Waals surface area contributed by atoms with Gasteiger partial charge in [-0.3, -0.25) is 9.59 Å². The van der Waals surface area contributed by atoms with Gasteiger partial charge in [-0.1, -0.05) is 11.8 Å². The summed E-state index contributed by atoms with van der Waals surface area (Å²) in [7, 11) is 1.45. The van der Waals surface area contributed by atoms with E-state index in [0.717, 1.165) is 23.1 Å². The maximum absolute atomic E-state index is 15.0. The molecule has 0 spiro atoms. The Hall–Kier alpha value is -2.62. The van der Waals surface area contributed by atoms with Crippen molar-refractivity contribution in [1.29, 1.82) is 0 Å². The summed E-state index contributed by atoms with van der Waals surface area (Å²) in [4.78, 5) is 33.0. The number of aliphatic hydroxyl groups excluding tert-OH is 1. The Kier molecular flexibility index (Phi) is 7.13. The van der Waals surface area contributed by atoms with Crippen LogP contribution < -0.4 is 0 Å². The molecule has 0 atom stereocenters. The van der Waals surface area contributed by atoms with Crippen LogP contribution in [-0.4, -0.2) is 80.6 Å². The molecule has 9 nitrogen and oxygen atoms in total. The molecule has 1 N–H and O–H groups in total. The summed E-state index contributed by atoms with van der Waals surface area (Å²) >= 11 is 1.73. The van der Waals surface area contributed by atoms with E-state index in [4.69, 9.17) is 9.84 Å². The van der Waals surface area contributed by atoms with Crippen LogP contribution in [0.15, 0.2) is 23.4 Å². The lowest BCUT2D eigenvalue weighted by atomic mass is 9.94. The number of hydrogen-bond acceptors (Lipinski definition) is 9. The topological polar surface area (TPSA) is 110 Å². The number of nitrogens with zero attached hydrogens (tertiary/aromatic N) is 5. The SMILES string of the molecule is COCCn1ncc2c(SCC(=O)c3ccc(C4(F)CN(C(=O)CO)C4)s3)nc(C(F)(F)F)nc21. The third-order valence-electron chi connectivity index (χ3n) is 5.26. The number of halogens is 4. The molecule has 0 bridgehead atoms. The van der Waals surface area contributed by atoms with Gasteiger partial charge < -0.3 is 14.7 Å². The van der Waals surface area contributed by atoms with Crippen molar-refractivity contribution in [3.8, 4) is 0 Å². The van der Waals surface area contributed by atoms with E-state index in [0.29, 0.717) is 0 Å². The van der Waals surface area contributed by atoms with Crippen molar-refractivity contribution in [3.05, 3.63) is 33.9 Å². The van der Waals surface area contributed by atoms with Gasteiger partial charge in [-0.25, -0.2) is 19.0 Å². The van der Waals surface area contributed by atoms with Crippen LogP contribution in [-0.2, 0) is 27.9 Å². The third-order valence-corrected chi connectivity index (χ3v) is 7.55. The van der Waals surface area contributed by atoms with Crippen LogP contribution >= 0.6 is 23.1 Å². The van der Waals surface area contributed by atoms with Gasteiger partial charge in [0.15, 0.2) is 17.1 Å². The standard InChI is InChI=1S/C20H19F4N5O4S2/c1-33-5-4-29-16-11(6-25-29)17(27-18(26-16)20(22,23)24)34-8-12(31)13-2-3-14(35-13)19(21)9-28(10-19)15(32)7-30/h2-3,6,30H,4-5,7-10H2,1H3. The Morgan fingerprint density at radius 2 is 2.03 bits per heavy atom. The van der Waals surface area contributed by atoms with Crippen LogP contribution in [0.1, 0.15) is 20.4 Å². The third kappa shape index (κ3) is 5.17. The predicted octanol–water partition coefficient (Wildman–Crippen LogP) is 2.53. The second kappa shape index (κ2) is 9.79. The van der Waals surface area contributed by atoms with Crippen LogP contribution in [0.25, 0.3) is 11.0 Å². The Labute approximate surface area is 204 Å². The number of rotatable bonds is 9. The minimum Gasteiger partial charge on any atom is -0.387 e. The molecule has 1 amide bonds. The molecular formula is C20H19F4N5O4S2. The summed E-state index contributed by atoms with van der Waals surface area (Å²) in [6.07, 6.45) is -3.46. The molecule has 1 fully saturated rings. The molecule has 1 saturated heterocycles. The van der Waals surface area contributed by atoms with Gasteiger partial charge in [0.25, 0.3) is 0 Å². The van der Waals surface area contributed by atoms with Crippen LogP contribution in [0.5, 0.6) is 0 Å². The van der Waals surface area contributed by atoms with Gasteiger partial charge in [0.05, 0.1) is 48.5 Å². The van der Waals surface area contributed by atoms with Crippen molar-refractivity contribution in [2.75, 3.05) is 39.2 Å². The molecular weight excluding hydrogens is 514 g/mol. The monoisotopic (exact) mass is 533 g/mol. The lowest BCUT2D eigenvalue weighted by Gasteiger charge is -2.43. The fourth-order valence-electron chi connectivity index (χ4n) is 3.43. The molecule has 4 rings (SSSR count). The number of thiophene rings is 1. The normalized spacial score (nSPS) is 15.4.